The van der Waals surface area contributed by atoms with Gasteiger partial charge < -0.3 is 5.11 Å². The Hall–Kier alpha value is -1.54. The van der Waals surface area contributed by atoms with Gasteiger partial charge in [0.1, 0.15) is 0 Å². The van der Waals surface area contributed by atoms with E-state index in [0.29, 0.717) is 12.1 Å². The lowest BCUT2D eigenvalue weighted by atomic mass is 9.98. The first-order chi connectivity index (χ1) is 6.97. The number of nitriles is 1. The fraction of sp³-hybridized carbons (Fsp3) is 0.300. The first kappa shape index (κ1) is 11.5. The number of halogens is 3. The molecule has 80 valence electrons. The summed E-state index contributed by atoms with van der Waals surface area (Å²) in [6.07, 6.45) is -1.33. The number of hydrogen-bond donors (Lipinski definition) is 1. The van der Waals surface area contributed by atoms with Crippen molar-refractivity contribution in [2.24, 2.45) is 5.92 Å². The molecule has 1 aromatic carbocycles. The van der Waals surface area contributed by atoms with E-state index in [1.807, 2.05) is 0 Å². The van der Waals surface area contributed by atoms with Crippen molar-refractivity contribution in [3.63, 3.8) is 0 Å². The molecule has 0 aliphatic carbocycles. The smallest absolute Gasteiger partial charge is 0.194 e. The number of aliphatic hydroxyl groups is 1. The minimum atomic E-state index is -1.59. The third-order valence-electron chi connectivity index (χ3n) is 2.02. The van der Waals surface area contributed by atoms with Crippen molar-refractivity contribution in [2.75, 3.05) is 0 Å². The van der Waals surface area contributed by atoms with Crippen LogP contribution >= 0.6 is 0 Å². The van der Waals surface area contributed by atoms with E-state index in [9.17, 15) is 18.3 Å². The molecule has 2 unspecified atom stereocenters. The van der Waals surface area contributed by atoms with Gasteiger partial charge in [-0.3, -0.25) is 0 Å². The summed E-state index contributed by atoms with van der Waals surface area (Å²) in [5, 5.41) is 17.9. The van der Waals surface area contributed by atoms with Crippen LogP contribution in [0.1, 0.15) is 18.6 Å². The molecule has 1 N–H and O–H groups in total. The van der Waals surface area contributed by atoms with Crippen LogP contribution in [0.25, 0.3) is 0 Å². The third kappa shape index (κ3) is 2.28. The van der Waals surface area contributed by atoms with Gasteiger partial charge in [0, 0.05) is 0 Å². The Morgan fingerprint density at radius 3 is 2.13 bits per heavy atom. The van der Waals surface area contributed by atoms with E-state index in [2.05, 4.69) is 0 Å². The van der Waals surface area contributed by atoms with Crippen LogP contribution in [0.5, 0.6) is 0 Å². The molecule has 15 heavy (non-hydrogen) atoms. The minimum absolute atomic E-state index is 0.152. The van der Waals surface area contributed by atoms with Crippen LogP contribution in [0.15, 0.2) is 12.1 Å². The van der Waals surface area contributed by atoms with Gasteiger partial charge in [-0.15, -0.1) is 0 Å². The molecule has 2 atom stereocenters. The van der Waals surface area contributed by atoms with Crippen molar-refractivity contribution in [1.82, 2.24) is 0 Å². The standard InChI is InChI=1S/C10H8F3NO/c1-5(4-14)10(15)6-2-7(11)9(13)8(12)3-6/h2-3,5,10,15H,1H3. The maximum absolute atomic E-state index is 12.8. The molecule has 0 saturated carbocycles. The summed E-state index contributed by atoms with van der Waals surface area (Å²) < 4.78 is 38.1. The quantitative estimate of drug-likeness (QED) is 0.769. The average molecular weight is 215 g/mol. The Morgan fingerprint density at radius 1 is 1.27 bits per heavy atom. The zero-order chi connectivity index (χ0) is 11.6. The topological polar surface area (TPSA) is 44.0 Å². The lowest BCUT2D eigenvalue weighted by Crippen LogP contribution is -2.08. The van der Waals surface area contributed by atoms with Crippen molar-refractivity contribution >= 4 is 0 Å². The highest BCUT2D eigenvalue weighted by atomic mass is 19.2. The highest BCUT2D eigenvalue weighted by molar-refractivity contribution is 5.23. The summed E-state index contributed by atoms with van der Waals surface area (Å²) >= 11 is 0. The minimum Gasteiger partial charge on any atom is -0.387 e. The monoisotopic (exact) mass is 215 g/mol. The SMILES string of the molecule is CC(C#N)C(O)c1cc(F)c(F)c(F)c1. The van der Waals surface area contributed by atoms with E-state index < -0.39 is 29.5 Å². The molecule has 0 amide bonds. The van der Waals surface area contributed by atoms with E-state index in [-0.39, 0.29) is 5.56 Å². The maximum Gasteiger partial charge on any atom is 0.194 e. The van der Waals surface area contributed by atoms with Crippen LogP contribution in [0.2, 0.25) is 0 Å². The molecule has 0 aliphatic heterocycles. The molecular weight excluding hydrogens is 207 g/mol. The van der Waals surface area contributed by atoms with Crippen LogP contribution < -0.4 is 0 Å². The van der Waals surface area contributed by atoms with Crippen LogP contribution in [0.4, 0.5) is 13.2 Å². The van der Waals surface area contributed by atoms with Gasteiger partial charge in [0.25, 0.3) is 0 Å². The Balaban J connectivity index is 3.12. The largest absolute Gasteiger partial charge is 0.387 e. The predicted octanol–water partition coefficient (Wildman–Crippen LogP) is 2.30. The number of benzene rings is 1. The van der Waals surface area contributed by atoms with Crippen molar-refractivity contribution in [1.29, 1.82) is 5.26 Å². The van der Waals surface area contributed by atoms with E-state index in [1.54, 1.807) is 6.07 Å². The molecule has 0 bridgehead atoms. The predicted molar refractivity (Wildman–Crippen MR) is 46.1 cm³/mol. The van der Waals surface area contributed by atoms with E-state index in [4.69, 9.17) is 5.26 Å². The maximum atomic E-state index is 12.8. The van der Waals surface area contributed by atoms with Crippen LogP contribution in [0.3, 0.4) is 0 Å². The summed E-state index contributed by atoms with van der Waals surface area (Å²) in [6.45, 7) is 1.39. The number of rotatable bonds is 2. The van der Waals surface area contributed by atoms with Gasteiger partial charge in [-0.1, -0.05) is 0 Å². The van der Waals surface area contributed by atoms with Gasteiger partial charge in [-0.05, 0) is 24.6 Å². The second kappa shape index (κ2) is 4.32. The lowest BCUT2D eigenvalue weighted by molar-refractivity contribution is 0.141. The summed E-state index contributed by atoms with van der Waals surface area (Å²) in [4.78, 5) is 0. The molecule has 0 radical (unpaired) electrons. The molecule has 5 heteroatoms. The Kier molecular flexibility index (Phi) is 3.32. The second-order valence-electron chi connectivity index (χ2n) is 3.16. The zero-order valence-electron chi connectivity index (χ0n) is 7.84. The van der Waals surface area contributed by atoms with Gasteiger partial charge in [0.05, 0.1) is 18.1 Å². The average Bonchev–Trinajstić information content (AvgIpc) is 2.23. The molecule has 2 nitrogen and oxygen atoms in total. The molecule has 0 aliphatic rings. The fourth-order valence-corrected chi connectivity index (χ4v) is 1.11. The fourth-order valence-electron chi connectivity index (χ4n) is 1.11. The highest BCUT2D eigenvalue weighted by Gasteiger charge is 2.19. The van der Waals surface area contributed by atoms with Crippen molar-refractivity contribution in [3.8, 4) is 6.07 Å². The second-order valence-corrected chi connectivity index (χ2v) is 3.16. The number of aliphatic hydroxyl groups excluding tert-OH is 1. The van der Waals surface area contributed by atoms with Crippen LogP contribution in [0, 0.1) is 34.7 Å². The zero-order valence-corrected chi connectivity index (χ0v) is 7.84. The Morgan fingerprint density at radius 2 is 1.73 bits per heavy atom. The summed E-state index contributed by atoms with van der Waals surface area (Å²) in [6, 6.07) is 3.08. The molecular formula is C10H8F3NO. The number of hydrogen-bond acceptors (Lipinski definition) is 2. The van der Waals surface area contributed by atoms with Crippen LogP contribution in [-0.4, -0.2) is 5.11 Å². The molecule has 0 heterocycles. The molecule has 1 aromatic rings. The Labute approximate surface area is 84.6 Å². The highest BCUT2D eigenvalue weighted by Crippen LogP contribution is 2.24. The molecule has 1 rings (SSSR count). The van der Waals surface area contributed by atoms with Gasteiger partial charge >= 0.3 is 0 Å². The van der Waals surface area contributed by atoms with E-state index in [1.165, 1.54) is 6.92 Å². The molecule has 0 spiro atoms. The lowest BCUT2D eigenvalue weighted by Gasteiger charge is -2.13. The van der Waals surface area contributed by atoms with Crippen molar-refractivity contribution in [3.05, 3.63) is 35.1 Å². The first-order valence-electron chi connectivity index (χ1n) is 4.19. The van der Waals surface area contributed by atoms with Crippen molar-refractivity contribution < 1.29 is 18.3 Å². The van der Waals surface area contributed by atoms with Gasteiger partial charge in [-0.25, -0.2) is 13.2 Å². The van der Waals surface area contributed by atoms with Gasteiger partial charge in [0.15, 0.2) is 17.5 Å². The third-order valence-corrected chi connectivity index (χ3v) is 2.02. The van der Waals surface area contributed by atoms with E-state index >= 15 is 0 Å². The van der Waals surface area contributed by atoms with Gasteiger partial charge in [-0.2, -0.15) is 5.26 Å². The Bertz CT molecular complexity index is 391. The van der Waals surface area contributed by atoms with Crippen LogP contribution in [-0.2, 0) is 0 Å². The van der Waals surface area contributed by atoms with Crippen molar-refractivity contribution in [2.45, 2.75) is 13.0 Å². The summed E-state index contributed by atoms with van der Waals surface area (Å²) in [7, 11) is 0. The first-order valence-corrected chi connectivity index (χ1v) is 4.19. The number of nitrogens with zero attached hydrogens (tertiary/aromatic N) is 1. The molecule has 0 saturated heterocycles. The molecule has 0 aromatic heterocycles. The normalized spacial score (nSPS) is 14.4. The summed E-state index contributed by atoms with van der Waals surface area (Å²) in [5.74, 6) is -5.17. The van der Waals surface area contributed by atoms with E-state index in [0.717, 1.165) is 0 Å². The summed E-state index contributed by atoms with van der Waals surface area (Å²) in [5.41, 5.74) is -0.152. The molecule has 0 fully saturated rings. The van der Waals surface area contributed by atoms with Gasteiger partial charge in [0.2, 0.25) is 0 Å².